The molecule has 2 aromatic rings. The van der Waals surface area contributed by atoms with Gasteiger partial charge in [0.2, 0.25) is 0 Å². The summed E-state index contributed by atoms with van der Waals surface area (Å²) in [4.78, 5) is 4.45. The molecule has 2 N–H and O–H groups in total. The van der Waals surface area contributed by atoms with E-state index in [9.17, 15) is 0 Å². The van der Waals surface area contributed by atoms with Crippen molar-refractivity contribution in [1.29, 1.82) is 0 Å². The smallest absolute Gasteiger partial charge is 0.126 e. The van der Waals surface area contributed by atoms with Gasteiger partial charge in [-0.05, 0) is 24.6 Å². The van der Waals surface area contributed by atoms with Gasteiger partial charge < -0.3 is 10.4 Å². The van der Waals surface area contributed by atoms with Crippen molar-refractivity contribution >= 4 is 16.7 Å². The van der Waals surface area contributed by atoms with E-state index < -0.39 is 0 Å². The quantitative estimate of drug-likeness (QED) is 0.799. The SMILES string of the molecule is Cc1cc(NCCO)nc2ccccc12. The van der Waals surface area contributed by atoms with Crippen LogP contribution < -0.4 is 5.32 Å². The van der Waals surface area contributed by atoms with E-state index in [4.69, 9.17) is 5.11 Å². The number of hydrogen-bond acceptors (Lipinski definition) is 3. The summed E-state index contributed by atoms with van der Waals surface area (Å²) in [5, 5.41) is 13.0. The molecule has 0 aliphatic heterocycles. The Balaban J connectivity index is 2.43. The maximum Gasteiger partial charge on any atom is 0.126 e. The van der Waals surface area contributed by atoms with Gasteiger partial charge in [-0.1, -0.05) is 18.2 Å². The van der Waals surface area contributed by atoms with Crippen molar-refractivity contribution in [2.24, 2.45) is 0 Å². The third kappa shape index (κ3) is 2.07. The van der Waals surface area contributed by atoms with Gasteiger partial charge in [0.25, 0.3) is 0 Å². The summed E-state index contributed by atoms with van der Waals surface area (Å²) in [6.45, 7) is 2.71. The minimum absolute atomic E-state index is 0.119. The summed E-state index contributed by atoms with van der Waals surface area (Å²) in [5.74, 6) is 0.820. The van der Waals surface area contributed by atoms with Crippen LogP contribution in [0.5, 0.6) is 0 Å². The maximum atomic E-state index is 8.72. The molecule has 0 aliphatic carbocycles. The molecule has 78 valence electrons. The standard InChI is InChI=1S/C12H14N2O/c1-9-8-12(13-6-7-15)14-11-5-3-2-4-10(9)11/h2-5,8,15H,6-7H2,1H3,(H,13,14). The molecule has 0 saturated heterocycles. The highest BCUT2D eigenvalue weighted by Crippen LogP contribution is 2.19. The largest absolute Gasteiger partial charge is 0.395 e. The lowest BCUT2D eigenvalue weighted by Crippen LogP contribution is -2.07. The van der Waals surface area contributed by atoms with Crippen LogP contribution >= 0.6 is 0 Å². The Kier molecular flexibility index (Phi) is 2.83. The number of nitrogens with zero attached hydrogens (tertiary/aromatic N) is 1. The Morgan fingerprint density at radius 1 is 1.33 bits per heavy atom. The number of anilines is 1. The highest BCUT2D eigenvalue weighted by Gasteiger charge is 2.00. The molecular weight excluding hydrogens is 188 g/mol. The second kappa shape index (κ2) is 4.28. The van der Waals surface area contributed by atoms with Gasteiger partial charge in [0.15, 0.2) is 0 Å². The third-order valence-electron chi connectivity index (χ3n) is 2.34. The zero-order valence-corrected chi connectivity index (χ0v) is 8.70. The van der Waals surface area contributed by atoms with Gasteiger partial charge in [-0.2, -0.15) is 0 Å². The van der Waals surface area contributed by atoms with Crippen molar-refractivity contribution in [1.82, 2.24) is 4.98 Å². The van der Waals surface area contributed by atoms with Gasteiger partial charge in [0, 0.05) is 11.9 Å². The fourth-order valence-electron chi connectivity index (χ4n) is 1.62. The highest BCUT2D eigenvalue weighted by atomic mass is 16.3. The minimum atomic E-state index is 0.119. The summed E-state index contributed by atoms with van der Waals surface area (Å²) >= 11 is 0. The normalized spacial score (nSPS) is 10.5. The van der Waals surface area contributed by atoms with Crippen LogP contribution in [0.25, 0.3) is 10.9 Å². The van der Waals surface area contributed by atoms with Crippen molar-refractivity contribution in [3.63, 3.8) is 0 Å². The molecule has 3 nitrogen and oxygen atoms in total. The van der Waals surface area contributed by atoms with Crippen LogP contribution in [0.15, 0.2) is 30.3 Å². The number of fused-ring (bicyclic) bond motifs is 1. The van der Waals surface area contributed by atoms with Crippen molar-refractivity contribution in [3.05, 3.63) is 35.9 Å². The molecule has 3 heteroatoms. The summed E-state index contributed by atoms with van der Waals surface area (Å²) < 4.78 is 0. The number of aromatic nitrogens is 1. The molecular formula is C12H14N2O. The van der Waals surface area contributed by atoms with Gasteiger partial charge in [-0.3, -0.25) is 0 Å². The van der Waals surface area contributed by atoms with Gasteiger partial charge in [0.05, 0.1) is 12.1 Å². The van der Waals surface area contributed by atoms with Crippen molar-refractivity contribution in [2.45, 2.75) is 6.92 Å². The zero-order valence-electron chi connectivity index (χ0n) is 8.70. The van der Waals surface area contributed by atoms with E-state index in [2.05, 4.69) is 23.3 Å². The van der Waals surface area contributed by atoms with Crippen molar-refractivity contribution in [2.75, 3.05) is 18.5 Å². The lowest BCUT2D eigenvalue weighted by atomic mass is 10.1. The summed E-state index contributed by atoms with van der Waals surface area (Å²) in [6.07, 6.45) is 0. The maximum absolute atomic E-state index is 8.72. The van der Waals surface area contributed by atoms with Crippen LogP contribution in [0.1, 0.15) is 5.56 Å². The first-order valence-corrected chi connectivity index (χ1v) is 5.02. The first-order valence-electron chi connectivity index (χ1n) is 5.02. The first kappa shape index (κ1) is 9.93. The second-order valence-corrected chi connectivity index (χ2v) is 3.49. The molecule has 0 bridgehead atoms. The lowest BCUT2D eigenvalue weighted by Gasteiger charge is -2.07. The number of aliphatic hydroxyl groups excluding tert-OH is 1. The van der Waals surface area contributed by atoms with Crippen LogP contribution in [0, 0.1) is 6.92 Å². The molecule has 2 rings (SSSR count). The van der Waals surface area contributed by atoms with E-state index in [-0.39, 0.29) is 6.61 Å². The van der Waals surface area contributed by atoms with Crippen LogP contribution in [0.4, 0.5) is 5.82 Å². The lowest BCUT2D eigenvalue weighted by molar-refractivity contribution is 0.311. The minimum Gasteiger partial charge on any atom is -0.395 e. The van der Waals surface area contributed by atoms with Crippen molar-refractivity contribution < 1.29 is 5.11 Å². The van der Waals surface area contributed by atoms with Gasteiger partial charge in [0.1, 0.15) is 5.82 Å². The molecule has 0 spiro atoms. The van der Waals surface area contributed by atoms with Crippen LogP contribution in [-0.2, 0) is 0 Å². The van der Waals surface area contributed by atoms with Gasteiger partial charge in [-0.15, -0.1) is 0 Å². The second-order valence-electron chi connectivity index (χ2n) is 3.49. The monoisotopic (exact) mass is 202 g/mol. The van der Waals surface area contributed by atoms with E-state index in [0.29, 0.717) is 6.54 Å². The Bertz CT molecular complexity index is 468. The van der Waals surface area contributed by atoms with Gasteiger partial charge >= 0.3 is 0 Å². The average molecular weight is 202 g/mol. The predicted octanol–water partition coefficient (Wildman–Crippen LogP) is 1.95. The number of para-hydroxylation sites is 1. The summed E-state index contributed by atoms with van der Waals surface area (Å²) in [7, 11) is 0. The number of pyridine rings is 1. The summed E-state index contributed by atoms with van der Waals surface area (Å²) in [5.41, 5.74) is 2.18. The summed E-state index contributed by atoms with van der Waals surface area (Å²) in [6, 6.07) is 10.0. The highest BCUT2D eigenvalue weighted by molar-refractivity contribution is 5.83. The molecule has 0 aliphatic rings. The first-order chi connectivity index (χ1) is 7.31. The number of aryl methyl sites for hydroxylation is 1. The van der Waals surface area contributed by atoms with Crippen molar-refractivity contribution in [3.8, 4) is 0 Å². The predicted molar refractivity (Wildman–Crippen MR) is 62.1 cm³/mol. The van der Waals surface area contributed by atoms with E-state index in [1.54, 1.807) is 0 Å². The number of benzene rings is 1. The third-order valence-corrected chi connectivity index (χ3v) is 2.34. The number of aliphatic hydroxyl groups is 1. The van der Waals surface area contributed by atoms with E-state index >= 15 is 0 Å². The molecule has 0 radical (unpaired) electrons. The Morgan fingerprint density at radius 3 is 2.93 bits per heavy atom. The fourth-order valence-corrected chi connectivity index (χ4v) is 1.62. The molecule has 1 heterocycles. The molecule has 0 amide bonds. The average Bonchev–Trinajstić information content (AvgIpc) is 2.26. The molecule has 0 fully saturated rings. The van der Waals surface area contributed by atoms with Crippen LogP contribution in [0.3, 0.4) is 0 Å². The topological polar surface area (TPSA) is 45.1 Å². The number of nitrogens with one attached hydrogen (secondary N) is 1. The molecule has 15 heavy (non-hydrogen) atoms. The number of hydrogen-bond donors (Lipinski definition) is 2. The van der Waals surface area contributed by atoms with Crippen LogP contribution in [-0.4, -0.2) is 23.2 Å². The van der Waals surface area contributed by atoms with E-state index in [1.807, 2.05) is 24.3 Å². The Hall–Kier alpha value is -1.61. The number of rotatable bonds is 3. The molecule has 0 atom stereocenters. The zero-order chi connectivity index (χ0) is 10.7. The van der Waals surface area contributed by atoms with E-state index in [0.717, 1.165) is 11.3 Å². The molecule has 0 unspecified atom stereocenters. The van der Waals surface area contributed by atoms with Crippen LogP contribution in [0.2, 0.25) is 0 Å². The van der Waals surface area contributed by atoms with E-state index in [1.165, 1.54) is 10.9 Å². The fraction of sp³-hybridized carbons (Fsp3) is 0.250. The molecule has 0 saturated carbocycles. The molecule has 1 aromatic carbocycles. The Labute approximate surface area is 88.8 Å². The molecule has 1 aromatic heterocycles. The van der Waals surface area contributed by atoms with Gasteiger partial charge in [-0.25, -0.2) is 4.98 Å². The Morgan fingerprint density at radius 2 is 2.13 bits per heavy atom.